The van der Waals surface area contributed by atoms with E-state index < -0.39 is 0 Å². The normalized spacial score (nSPS) is 16.0. The molecule has 1 aliphatic heterocycles. The number of nitrogens with zero attached hydrogens (tertiary/aromatic N) is 3. The van der Waals surface area contributed by atoms with Crippen LogP contribution in [0, 0.1) is 0 Å². The fourth-order valence-corrected chi connectivity index (χ4v) is 1.54. The minimum atomic E-state index is 0.863. The van der Waals surface area contributed by atoms with Gasteiger partial charge in [0, 0.05) is 20.6 Å². The van der Waals surface area contributed by atoms with Crippen LogP contribution >= 0.6 is 0 Å². The quantitative estimate of drug-likeness (QED) is 0.777. The van der Waals surface area contributed by atoms with E-state index in [4.69, 9.17) is 0 Å². The molecule has 0 amide bonds. The molecule has 4 nitrogen and oxygen atoms in total. The van der Waals surface area contributed by atoms with E-state index in [0.717, 1.165) is 31.0 Å². The van der Waals surface area contributed by atoms with Gasteiger partial charge in [0.15, 0.2) is 5.82 Å². The van der Waals surface area contributed by atoms with Gasteiger partial charge >= 0.3 is 0 Å². The van der Waals surface area contributed by atoms with Crippen molar-refractivity contribution in [3.8, 4) is 0 Å². The zero-order chi connectivity index (χ0) is 10.7. The van der Waals surface area contributed by atoms with E-state index >= 15 is 0 Å². The van der Waals surface area contributed by atoms with E-state index in [1.165, 1.54) is 5.57 Å². The summed E-state index contributed by atoms with van der Waals surface area (Å²) in [6.07, 6.45) is 6.91. The Bertz CT molecular complexity index is 353. The summed E-state index contributed by atoms with van der Waals surface area (Å²) in [5, 5.41) is 3.27. The van der Waals surface area contributed by atoms with Crippen LogP contribution in [-0.2, 0) is 0 Å². The zero-order valence-electron chi connectivity index (χ0n) is 9.20. The molecule has 2 rings (SSSR count). The number of anilines is 1. The first kappa shape index (κ1) is 10.1. The van der Waals surface area contributed by atoms with Crippen LogP contribution < -0.4 is 10.2 Å². The van der Waals surface area contributed by atoms with Gasteiger partial charge in [-0.1, -0.05) is 6.08 Å². The maximum Gasteiger partial charge on any atom is 0.154 e. The molecule has 1 aromatic rings. The summed E-state index contributed by atoms with van der Waals surface area (Å²) in [5.74, 6) is 0.863. The van der Waals surface area contributed by atoms with E-state index in [9.17, 15) is 0 Å². The van der Waals surface area contributed by atoms with Crippen LogP contribution in [0.1, 0.15) is 12.2 Å². The van der Waals surface area contributed by atoms with E-state index in [1.54, 1.807) is 0 Å². The van der Waals surface area contributed by atoms with Gasteiger partial charge in [0.05, 0.1) is 18.1 Å². The van der Waals surface area contributed by atoms with E-state index in [2.05, 4.69) is 21.4 Å². The van der Waals surface area contributed by atoms with Gasteiger partial charge in [-0.05, 0) is 18.5 Å². The SMILES string of the molecule is CN(C)c1cnc(C2=CCNCC2)nc1. The van der Waals surface area contributed by atoms with Crippen molar-refractivity contribution in [1.82, 2.24) is 15.3 Å². The van der Waals surface area contributed by atoms with Crippen molar-refractivity contribution in [2.24, 2.45) is 0 Å². The molecule has 0 aromatic carbocycles. The lowest BCUT2D eigenvalue weighted by atomic mass is 10.1. The van der Waals surface area contributed by atoms with Crippen molar-refractivity contribution in [3.05, 3.63) is 24.3 Å². The summed E-state index contributed by atoms with van der Waals surface area (Å²) in [6.45, 7) is 1.94. The van der Waals surface area contributed by atoms with Crippen molar-refractivity contribution < 1.29 is 0 Å². The Balaban J connectivity index is 2.19. The molecule has 0 bridgehead atoms. The molecule has 0 fully saturated rings. The molecule has 80 valence electrons. The van der Waals surface area contributed by atoms with Gasteiger partial charge in [-0.25, -0.2) is 9.97 Å². The van der Waals surface area contributed by atoms with Gasteiger partial charge in [0.2, 0.25) is 0 Å². The first-order valence-electron chi connectivity index (χ1n) is 5.17. The summed E-state index contributed by atoms with van der Waals surface area (Å²) in [5.41, 5.74) is 2.28. The predicted molar refractivity (Wildman–Crippen MR) is 61.8 cm³/mol. The summed E-state index contributed by atoms with van der Waals surface area (Å²) in [4.78, 5) is 10.8. The summed E-state index contributed by atoms with van der Waals surface area (Å²) in [7, 11) is 3.98. The third-order valence-electron chi connectivity index (χ3n) is 2.51. The summed E-state index contributed by atoms with van der Waals surface area (Å²) < 4.78 is 0. The van der Waals surface area contributed by atoms with E-state index in [0.29, 0.717) is 0 Å². The number of rotatable bonds is 2. The smallest absolute Gasteiger partial charge is 0.154 e. The number of nitrogens with one attached hydrogen (secondary N) is 1. The third kappa shape index (κ3) is 2.33. The maximum atomic E-state index is 4.37. The van der Waals surface area contributed by atoms with Crippen LogP contribution in [0.5, 0.6) is 0 Å². The Kier molecular flexibility index (Phi) is 2.97. The molecule has 0 radical (unpaired) electrons. The molecule has 4 heteroatoms. The Labute approximate surface area is 90.0 Å². The number of hydrogen-bond donors (Lipinski definition) is 1. The minimum Gasteiger partial charge on any atom is -0.375 e. The van der Waals surface area contributed by atoms with Gasteiger partial charge < -0.3 is 10.2 Å². The average molecular weight is 204 g/mol. The average Bonchev–Trinajstić information content (AvgIpc) is 2.30. The molecule has 0 saturated carbocycles. The van der Waals surface area contributed by atoms with Crippen molar-refractivity contribution in [2.45, 2.75) is 6.42 Å². The Morgan fingerprint density at radius 1 is 1.27 bits per heavy atom. The van der Waals surface area contributed by atoms with Crippen LogP contribution in [0.15, 0.2) is 18.5 Å². The lowest BCUT2D eigenvalue weighted by molar-refractivity contribution is 0.734. The van der Waals surface area contributed by atoms with Crippen LogP contribution in [0.3, 0.4) is 0 Å². The molecule has 0 aliphatic carbocycles. The van der Waals surface area contributed by atoms with Gasteiger partial charge in [0.1, 0.15) is 0 Å². The van der Waals surface area contributed by atoms with Crippen molar-refractivity contribution in [3.63, 3.8) is 0 Å². The minimum absolute atomic E-state index is 0.863. The van der Waals surface area contributed by atoms with Crippen molar-refractivity contribution in [1.29, 1.82) is 0 Å². The molecule has 0 atom stereocenters. The van der Waals surface area contributed by atoms with Crippen LogP contribution in [0.4, 0.5) is 5.69 Å². The predicted octanol–water partition coefficient (Wildman–Crippen LogP) is 0.919. The second-order valence-electron chi connectivity index (χ2n) is 3.84. The maximum absolute atomic E-state index is 4.37. The zero-order valence-corrected chi connectivity index (χ0v) is 9.20. The third-order valence-corrected chi connectivity index (χ3v) is 2.51. The molecular formula is C11H16N4. The van der Waals surface area contributed by atoms with Gasteiger partial charge in [-0.15, -0.1) is 0 Å². The molecule has 15 heavy (non-hydrogen) atoms. The Hall–Kier alpha value is -1.42. The second-order valence-corrected chi connectivity index (χ2v) is 3.84. The van der Waals surface area contributed by atoms with Crippen LogP contribution in [0.2, 0.25) is 0 Å². The lowest BCUT2D eigenvalue weighted by Crippen LogP contribution is -2.20. The lowest BCUT2D eigenvalue weighted by Gasteiger charge is -2.14. The standard InChI is InChI=1S/C11H16N4/c1-15(2)10-7-13-11(14-8-10)9-3-5-12-6-4-9/h3,7-8,12H,4-6H2,1-2H3. The fraction of sp³-hybridized carbons (Fsp3) is 0.455. The highest BCUT2D eigenvalue weighted by molar-refractivity contribution is 5.61. The molecule has 1 N–H and O–H groups in total. The Morgan fingerprint density at radius 2 is 2.00 bits per heavy atom. The second kappa shape index (κ2) is 4.40. The number of hydrogen-bond acceptors (Lipinski definition) is 4. The van der Waals surface area contributed by atoms with Crippen molar-refractivity contribution in [2.75, 3.05) is 32.1 Å². The van der Waals surface area contributed by atoms with E-state index in [1.807, 2.05) is 31.4 Å². The van der Waals surface area contributed by atoms with Crippen LogP contribution in [0.25, 0.3) is 5.57 Å². The highest BCUT2D eigenvalue weighted by Gasteiger charge is 2.08. The first-order valence-corrected chi connectivity index (χ1v) is 5.17. The summed E-state index contributed by atoms with van der Waals surface area (Å²) in [6, 6.07) is 0. The molecule has 1 aromatic heterocycles. The summed E-state index contributed by atoms with van der Waals surface area (Å²) >= 11 is 0. The Morgan fingerprint density at radius 3 is 2.53 bits per heavy atom. The van der Waals surface area contributed by atoms with Gasteiger partial charge in [-0.3, -0.25) is 0 Å². The van der Waals surface area contributed by atoms with Crippen LogP contribution in [-0.4, -0.2) is 37.2 Å². The first-order chi connectivity index (χ1) is 7.27. The topological polar surface area (TPSA) is 41.1 Å². The highest BCUT2D eigenvalue weighted by Crippen LogP contribution is 2.16. The largest absolute Gasteiger partial charge is 0.375 e. The number of aromatic nitrogens is 2. The molecular weight excluding hydrogens is 188 g/mol. The highest BCUT2D eigenvalue weighted by atomic mass is 15.1. The van der Waals surface area contributed by atoms with Gasteiger partial charge in [0.25, 0.3) is 0 Å². The van der Waals surface area contributed by atoms with Crippen molar-refractivity contribution >= 4 is 11.3 Å². The monoisotopic (exact) mass is 204 g/mol. The molecule has 0 saturated heterocycles. The molecule has 2 heterocycles. The van der Waals surface area contributed by atoms with Gasteiger partial charge in [-0.2, -0.15) is 0 Å². The molecule has 0 spiro atoms. The van der Waals surface area contributed by atoms with E-state index in [-0.39, 0.29) is 0 Å². The molecule has 1 aliphatic rings. The fourth-order valence-electron chi connectivity index (χ4n) is 1.54. The molecule has 0 unspecified atom stereocenters.